The van der Waals surface area contributed by atoms with Crippen molar-refractivity contribution in [2.24, 2.45) is 0 Å². The molecule has 0 saturated carbocycles. The zero-order chi connectivity index (χ0) is 11.2. The molecule has 0 spiro atoms. The number of hydrogen-bond donors (Lipinski definition) is 0. The van der Waals surface area contributed by atoms with Gasteiger partial charge in [0.05, 0.1) is 0 Å². The Labute approximate surface area is 100 Å². The number of para-hydroxylation sites is 1. The maximum atomic E-state index is 5.83. The van der Waals surface area contributed by atoms with Crippen LogP contribution in [-0.4, -0.2) is 6.26 Å². The molecule has 1 radical (unpaired) electrons. The third kappa shape index (κ3) is 2.80. The van der Waals surface area contributed by atoms with Gasteiger partial charge in [-0.1, -0.05) is 48.5 Å². The van der Waals surface area contributed by atoms with Crippen LogP contribution in [0.3, 0.4) is 0 Å². The van der Waals surface area contributed by atoms with Crippen molar-refractivity contribution in [3.63, 3.8) is 0 Å². The van der Waals surface area contributed by atoms with Crippen LogP contribution in [0.2, 0.25) is 0 Å². The molecular weight excluding hydrogens is 216 g/mol. The molecule has 16 heavy (non-hydrogen) atoms. The lowest BCUT2D eigenvalue weighted by atomic mass is 10.2. The molecular formula is C14H13OS. The van der Waals surface area contributed by atoms with Gasteiger partial charge in [0.1, 0.15) is 5.75 Å². The number of hydrogen-bond acceptors (Lipinski definition) is 2. The minimum atomic E-state index is 0.871. The molecule has 0 aliphatic rings. The minimum absolute atomic E-state index is 0.871. The molecule has 0 fully saturated rings. The predicted molar refractivity (Wildman–Crippen MR) is 69.4 cm³/mol. The molecule has 0 atom stereocenters. The fourth-order valence-corrected chi connectivity index (χ4v) is 1.94. The largest absolute Gasteiger partial charge is 0.466 e. The summed E-state index contributed by atoms with van der Waals surface area (Å²) < 4.78 is 5.83. The Morgan fingerprint density at radius 1 is 0.875 bits per heavy atom. The third-order valence-electron chi connectivity index (χ3n) is 2.15. The Bertz CT molecular complexity index is 413. The van der Waals surface area contributed by atoms with Crippen LogP contribution in [0, 0.1) is 5.44 Å². The second kappa shape index (κ2) is 5.61. The van der Waals surface area contributed by atoms with Crippen LogP contribution in [0.1, 0.15) is 5.56 Å². The summed E-state index contributed by atoms with van der Waals surface area (Å²) in [6.45, 7) is 0. The summed E-state index contributed by atoms with van der Waals surface area (Å²) in [6.07, 6.45) is 2.02. The van der Waals surface area contributed by atoms with Gasteiger partial charge in [-0.3, -0.25) is 0 Å². The molecule has 1 nitrogen and oxygen atoms in total. The third-order valence-corrected chi connectivity index (χ3v) is 2.84. The zero-order valence-corrected chi connectivity index (χ0v) is 9.91. The van der Waals surface area contributed by atoms with Crippen molar-refractivity contribution in [2.75, 3.05) is 6.26 Å². The molecule has 0 unspecified atom stereocenters. The van der Waals surface area contributed by atoms with Crippen LogP contribution >= 0.6 is 11.8 Å². The molecule has 0 bridgehead atoms. The first kappa shape index (κ1) is 11.1. The SMILES string of the molecule is CS[C](Oc1ccccc1)c1ccccc1. The van der Waals surface area contributed by atoms with E-state index in [0.29, 0.717) is 0 Å². The number of ether oxygens (including phenoxy) is 1. The van der Waals surface area contributed by atoms with Gasteiger partial charge >= 0.3 is 0 Å². The average molecular weight is 229 g/mol. The van der Waals surface area contributed by atoms with Crippen molar-refractivity contribution in [2.45, 2.75) is 0 Å². The molecule has 2 aromatic carbocycles. The lowest BCUT2D eigenvalue weighted by molar-refractivity contribution is 0.409. The van der Waals surface area contributed by atoms with Crippen LogP contribution in [0.5, 0.6) is 5.75 Å². The smallest absolute Gasteiger partial charge is 0.233 e. The second-order valence-electron chi connectivity index (χ2n) is 3.27. The van der Waals surface area contributed by atoms with Gasteiger partial charge in [0.15, 0.2) is 0 Å². The summed E-state index contributed by atoms with van der Waals surface area (Å²) in [7, 11) is 0. The highest BCUT2D eigenvalue weighted by atomic mass is 32.2. The Balaban J connectivity index is 2.13. The van der Waals surface area contributed by atoms with Gasteiger partial charge in [0.2, 0.25) is 5.44 Å². The van der Waals surface area contributed by atoms with E-state index in [-0.39, 0.29) is 0 Å². The molecule has 81 valence electrons. The zero-order valence-electron chi connectivity index (χ0n) is 9.09. The molecule has 2 rings (SSSR count). The highest BCUT2D eigenvalue weighted by Crippen LogP contribution is 2.28. The van der Waals surface area contributed by atoms with Crippen LogP contribution < -0.4 is 4.74 Å². The Kier molecular flexibility index (Phi) is 3.89. The quantitative estimate of drug-likeness (QED) is 0.784. The maximum absolute atomic E-state index is 5.83. The number of rotatable bonds is 4. The van der Waals surface area contributed by atoms with Gasteiger partial charge in [-0.05, 0) is 18.4 Å². The van der Waals surface area contributed by atoms with Gasteiger partial charge in [0, 0.05) is 5.56 Å². The summed E-state index contributed by atoms with van der Waals surface area (Å²) in [5, 5.41) is 0. The van der Waals surface area contributed by atoms with E-state index in [1.807, 2.05) is 54.8 Å². The van der Waals surface area contributed by atoms with Gasteiger partial charge in [-0.25, -0.2) is 0 Å². The van der Waals surface area contributed by atoms with E-state index in [1.165, 1.54) is 0 Å². The lowest BCUT2D eigenvalue weighted by Crippen LogP contribution is -2.03. The standard InChI is InChI=1S/C14H13OS/c1-16-14(12-8-4-2-5-9-12)15-13-10-6-3-7-11-13/h2-11H,1H3. The van der Waals surface area contributed by atoms with Crippen molar-refractivity contribution in [1.29, 1.82) is 0 Å². The molecule has 2 heteroatoms. The van der Waals surface area contributed by atoms with E-state index in [9.17, 15) is 0 Å². The second-order valence-corrected chi connectivity index (χ2v) is 4.05. The first-order valence-corrected chi connectivity index (χ1v) is 6.32. The highest BCUT2D eigenvalue weighted by Gasteiger charge is 2.12. The van der Waals surface area contributed by atoms with Crippen LogP contribution in [0.25, 0.3) is 0 Å². The van der Waals surface area contributed by atoms with Gasteiger partial charge in [0.25, 0.3) is 0 Å². The summed E-state index contributed by atoms with van der Waals surface area (Å²) in [4.78, 5) is 0. The lowest BCUT2D eigenvalue weighted by Gasteiger charge is -2.15. The van der Waals surface area contributed by atoms with Crippen molar-refractivity contribution >= 4 is 11.8 Å². The van der Waals surface area contributed by atoms with Crippen molar-refractivity contribution in [1.82, 2.24) is 0 Å². The van der Waals surface area contributed by atoms with Crippen LogP contribution in [-0.2, 0) is 0 Å². The molecule has 0 aliphatic carbocycles. The van der Waals surface area contributed by atoms with Crippen LogP contribution in [0.15, 0.2) is 60.7 Å². The van der Waals surface area contributed by atoms with Crippen molar-refractivity contribution < 1.29 is 4.74 Å². The van der Waals surface area contributed by atoms with E-state index >= 15 is 0 Å². The highest BCUT2D eigenvalue weighted by molar-refractivity contribution is 8.01. The fourth-order valence-electron chi connectivity index (χ4n) is 1.39. The summed E-state index contributed by atoms with van der Waals surface area (Å²) in [5.41, 5.74) is 2.03. The molecule has 0 N–H and O–H groups in total. The monoisotopic (exact) mass is 229 g/mol. The van der Waals surface area contributed by atoms with Crippen molar-refractivity contribution in [3.05, 3.63) is 71.7 Å². The first-order valence-electron chi connectivity index (χ1n) is 5.09. The number of thioether (sulfide) groups is 1. The Morgan fingerprint density at radius 2 is 1.44 bits per heavy atom. The number of benzene rings is 2. The molecule has 2 aromatic rings. The Hall–Kier alpha value is -1.41. The van der Waals surface area contributed by atoms with E-state index < -0.39 is 0 Å². The molecule has 0 saturated heterocycles. The normalized spacial score (nSPS) is 10.4. The van der Waals surface area contributed by atoms with Gasteiger partial charge in [-0.15, -0.1) is 11.8 Å². The van der Waals surface area contributed by atoms with Gasteiger partial charge in [-0.2, -0.15) is 0 Å². The van der Waals surface area contributed by atoms with Crippen LogP contribution in [0.4, 0.5) is 0 Å². The fraction of sp³-hybridized carbons (Fsp3) is 0.0714. The molecule has 0 aromatic heterocycles. The van der Waals surface area contributed by atoms with E-state index in [0.717, 1.165) is 16.7 Å². The maximum Gasteiger partial charge on any atom is 0.233 e. The summed E-state index contributed by atoms with van der Waals surface area (Å²) in [5.74, 6) is 0.871. The van der Waals surface area contributed by atoms with E-state index in [4.69, 9.17) is 4.74 Å². The first-order chi connectivity index (χ1) is 7.90. The van der Waals surface area contributed by atoms with E-state index in [2.05, 4.69) is 12.1 Å². The van der Waals surface area contributed by atoms with Gasteiger partial charge < -0.3 is 4.74 Å². The summed E-state index contributed by atoms with van der Waals surface area (Å²) >= 11 is 1.61. The van der Waals surface area contributed by atoms with Crippen molar-refractivity contribution in [3.8, 4) is 5.75 Å². The molecule has 0 amide bonds. The minimum Gasteiger partial charge on any atom is -0.466 e. The predicted octanol–water partition coefficient (Wildman–Crippen LogP) is 3.97. The average Bonchev–Trinajstić information content (AvgIpc) is 2.38. The van der Waals surface area contributed by atoms with E-state index in [1.54, 1.807) is 11.8 Å². The summed E-state index contributed by atoms with van der Waals surface area (Å²) in [6, 6.07) is 20.0. The molecule has 0 aliphatic heterocycles. The molecule has 0 heterocycles. The Morgan fingerprint density at radius 3 is 2.00 bits per heavy atom. The topological polar surface area (TPSA) is 9.23 Å².